The highest BCUT2D eigenvalue weighted by molar-refractivity contribution is 5.83. The Balaban J connectivity index is 1.58. The highest BCUT2D eigenvalue weighted by Crippen LogP contribution is 2.21. The van der Waals surface area contributed by atoms with Gasteiger partial charge >= 0.3 is 0 Å². The summed E-state index contributed by atoms with van der Waals surface area (Å²) in [5, 5.41) is 0. The van der Waals surface area contributed by atoms with Crippen molar-refractivity contribution in [2.24, 2.45) is 5.92 Å². The number of carbonyl (C=O) groups is 1. The lowest BCUT2D eigenvalue weighted by Crippen LogP contribution is -2.39. The first-order valence-corrected chi connectivity index (χ1v) is 8.90. The van der Waals surface area contributed by atoms with Crippen LogP contribution in [0.15, 0.2) is 42.0 Å². The third-order valence-corrected chi connectivity index (χ3v) is 4.89. The number of hydrogen-bond donors (Lipinski definition) is 0. The largest absolute Gasteiger partial charge is 0.341 e. The molecule has 4 nitrogen and oxygen atoms in total. The molecule has 2 aliphatic rings. The Hall–Kier alpha value is -1.94. The number of rotatable bonds is 3. The number of aryl methyl sites for hydroxylation is 1. The van der Waals surface area contributed by atoms with Crippen LogP contribution in [0.2, 0.25) is 0 Å². The molecule has 1 aromatic rings. The van der Waals surface area contributed by atoms with E-state index in [4.69, 9.17) is 0 Å². The Morgan fingerprint density at radius 2 is 2.08 bits per heavy atom. The molecule has 3 rings (SSSR count). The van der Waals surface area contributed by atoms with Gasteiger partial charge in [0.15, 0.2) is 0 Å². The molecule has 2 heterocycles. The normalized spacial score (nSPS) is 22.2. The number of aromatic nitrogens is 1. The van der Waals surface area contributed by atoms with Crippen molar-refractivity contribution in [3.05, 3.63) is 53.4 Å². The Morgan fingerprint density at radius 3 is 2.88 bits per heavy atom. The van der Waals surface area contributed by atoms with Crippen LogP contribution in [-0.2, 0) is 11.3 Å². The number of nitrogens with zero attached hydrogens (tertiary/aromatic N) is 3. The highest BCUT2D eigenvalue weighted by atomic mass is 16.2. The fourth-order valence-corrected chi connectivity index (χ4v) is 3.49. The van der Waals surface area contributed by atoms with Crippen molar-refractivity contribution in [3.8, 4) is 0 Å². The van der Waals surface area contributed by atoms with Gasteiger partial charge in [0.05, 0.1) is 11.6 Å². The topological polar surface area (TPSA) is 36.4 Å². The molecule has 1 saturated heterocycles. The predicted molar refractivity (Wildman–Crippen MR) is 96.5 cm³/mol. The van der Waals surface area contributed by atoms with Crippen LogP contribution in [0.5, 0.6) is 0 Å². The van der Waals surface area contributed by atoms with E-state index in [9.17, 15) is 4.79 Å². The van der Waals surface area contributed by atoms with E-state index in [1.165, 1.54) is 5.57 Å². The van der Waals surface area contributed by atoms with E-state index in [2.05, 4.69) is 47.2 Å². The third-order valence-electron chi connectivity index (χ3n) is 4.89. The van der Waals surface area contributed by atoms with Gasteiger partial charge in [0, 0.05) is 38.4 Å². The first-order chi connectivity index (χ1) is 11.6. The molecule has 1 fully saturated rings. The lowest BCUT2D eigenvalue weighted by atomic mass is 9.93. The van der Waals surface area contributed by atoms with E-state index in [0.29, 0.717) is 0 Å². The van der Waals surface area contributed by atoms with E-state index in [1.807, 2.05) is 17.9 Å². The molecule has 4 heteroatoms. The van der Waals surface area contributed by atoms with Gasteiger partial charge in [-0.3, -0.25) is 14.7 Å². The average molecular weight is 325 g/mol. The fraction of sp³-hybridized carbons (Fsp3) is 0.500. The van der Waals surface area contributed by atoms with E-state index in [1.54, 1.807) is 0 Å². The zero-order valence-corrected chi connectivity index (χ0v) is 14.7. The molecule has 1 atom stereocenters. The van der Waals surface area contributed by atoms with E-state index in [-0.39, 0.29) is 11.8 Å². The van der Waals surface area contributed by atoms with Crippen LogP contribution in [0.25, 0.3) is 0 Å². The molecule has 0 N–H and O–H groups in total. The summed E-state index contributed by atoms with van der Waals surface area (Å²) in [6, 6.07) is 6.18. The van der Waals surface area contributed by atoms with Crippen molar-refractivity contribution in [1.82, 2.24) is 14.8 Å². The quantitative estimate of drug-likeness (QED) is 0.802. The van der Waals surface area contributed by atoms with Gasteiger partial charge in [0.2, 0.25) is 5.91 Å². The zero-order chi connectivity index (χ0) is 16.9. The van der Waals surface area contributed by atoms with Crippen LogP contribution in [0.1, 0.15) is 31.2 Å². The molecular weight excluding hydrogens is 298 g/mol. The number of allylic oxidation sites excluding steroid dienone is 2. The van der Waals surface area contributed by atoms with Crippen LogP contribution in [0, 0.1) is 12.8 Å². The molecule has 1 aliphatic heterocycles. The third kappa shape index (κ3) is 4.12. The average Bonchev–Trinajstić information content (AvgIpc) is 2.80. The lowest BCUT2D eigenvalue weighted by Gasteiger charge is -2.26. The predicted octanol–water partition coefficient (Wildman–Crippen LogP) is 2.95. The molecule has 24 heavy (non-hydrogen) atoms. The standard InChI is InChI=1S/C20H27N3O/c1-16-7-3-4-10-19(16)20(24)23-12-6-11-22(13-14-23)15-18-9-5-8-17(2)21-18/h4-5,7-10,19H,3,6,11-15H2,1-2H3. The van der Waals surface area contributed by atoms with E-state index >= 15 is 0 Å². The molecule has 1 amide bonds. The zero-order valence-electron chi connectivity index (χ0n) is 14.7. The van der Waals surface area contributed by atoms with Gasteiger partial charge in [-0.2, -0.15) is 0 Å². The minimum absolute atomic E-state index is 0.0521. The molecule has 1 aromatic heterocycles. The van der Waals surface area contributed by atoms with Crippen molar-refractivity contribution in [3.63, 3.8) is 0 Å². The second-order valence-corrected chi connectivity index (χ2v) is 6.81. The Labute approximate surface area is 144 Å². The maximum Gasteiger partial charge on any atom is 0.233 e. The second kappa shape index (κ2) is 7.75. The number of hydrogen-bond acceptors (Lipinski definition) is 3. The van der Waals surface area contributed by atoms with Crippen molar-refractivity contribution in [2.45, 2.75) is 33.2 Å². The smallest absolute Gasteiger partial charge is 0.233 e. The van der Waals surface area contributed by atoms with Gasteiger partial charge in [-0.1, -0.05) is 29.9 Å². The molecule has 1 aliphatic carbocycles. The first kappa shape index (κ1) is 16.9. The monoisotopic (exact) mass is 325 g/mol. The molecule has 0 bridgehead atoms. The fourth-order valence-electron chi connectivity index (χ4n) is 3.49. The SMILES string of the molecule is CC1=CCC=CC1C(=O)N1CCCN(Cc2cccc(C)n2)CC1. The lowest BCUT2D eigenvalue weighted by molar-refractivity contribution is -0.132. The summed E-state index contributed by atoms with van der Waals surface area (Å²) in [4.78, 5) is 21.9. The summed E-state index contributed by atoms with van der Waals surface area (Å²) < 4.78 is 0. The maximum absolute atomic E-state index is 12.8. The summed E-state index contributed by atoms with van der Waals surface area (Å²) in [6.07, 6.45) is 8.31. The number of pyridine rings is 1. The van der Waals surface area contributed by atoms with Gasteiger partial charge < -0.3 is 4.90 Å². The number of amides is 1. The van der Waals surface area contributed by atoms with Crippen LogP contribution >= 0.6 is 0 Å². The van der Waals surface area contributed by atoms with Crippen LogP contribution in [-0.4, -0.2) is 46.9 Å². The molecule has 1 unspecified atom stereocenters. The molecule has 0 radical (unpaired) electrons. The van der Waals surface area contributed by atoms with Gasteiger partial charge in [-0.05, 0) is 38.8 Å². The Bertz CT molecular complexity index is 650. The van der Waals surface area contributed by atoms with Crippen LogP contribution in [0.4, 0.5) is 0 Å². The Kier molecular flexibility index (Phi) is 5.46. The second-order valence-electron chi connectivity index (χ2n) is 6.81. The minimum Gasteiger partial charge on any atom is -0.341 e. The molecular formula is C20H27N3O. The van der Waals surface area contributed by atoms with Crippen molar-refractivity contribution in [1.29, 1.82) is 0 Å². The van der Waals surface area contributed by atoms with Crippen molar-refractivity contribution >= 4 is 5.91 Å². The number of carbonyl (C=O) groups excluding carboxylic acids is 1. The summed E-state index contributed by atoms with van der Waals surface area (Å²) in [5.41, 5.74) is 3.36. The first-order valence-electron chi connectivity index (χ1n) is 8.90. The van der Waals surface area contributed by atoms with E-state index < -0.39 is 0 Å². The maximum atomic E-state index is 12.8. The van der Waals surface area contributed by atoms with Crippen molar-refractivity contribution < 1.29 is 4.79 Å². The molecule has 0 saturated carbocycles. The van der Waals surface area contributed by atoms with Gasteiger partial charge in [-0.15, -0.1) is 0 Å². The van der Waals surface area contributed by atoms with Crippen LogP contribution in [0.3, 0.4) is 0 Å². The van der Waals surface area contributed by atoms with Crippen LogP contribution < -0.4 is 0 Å². The molecule has 128 valence electrons. The Morgan fingerprint density at radius 1 is 1.21 bits per heavy atom. The molecule has 0 aromatic carbocycles. The van der Waals surface area contributed by atoms with E-state index in [0.717, 1.165) is 57.0 Å². The van der Waals surface area contributed by atoms with Gasteiger partial charge in [0.1, 0.15) is 0 Å². The molecule has 0 spiro atoms. The summed E-state index contributed by atoms with van der Waals surface area (Å²) in [7, 11) is 0. The minimum atomic E-state index is -0.0521. The summed E-state index contributed by atoms with van der Waals surface area (Å²) in [6.45, 7) is 8.57. The summed E-state index contributed by atoms with van der Waals surface area (Å²) >= 11 is 0. The van der Waals surface area contributed by atoms with Gasteiger partial charge in [0.25, 0.3) is 0 Å². The summed E-state index contributed by atoms with van der Waals surface area (Å²) in [5.74, 6) is 0.207. The highest BCUT2D eigenvalue weighted by Gasteiger charge is 2.26. The van der Waals surface area contributed by atoms with Crippen molar-refractivity contribution in [2.75, 3.05) is 26.2 Å². The van der Waals surface area contributed by atoms with Gasteiger partial charge in [-0.25, -0.2) is 0 Å².